The molecule has 1 aliphatic rings. The van der Waals surface area contributed by atoms with Gasteiger partial charge in [-0.2, -0.15) is 0 Å². The first kappa shape index (κ1) is 13.5. The number of hydrogen-bond acceptors (Lipinski definition) is 4. The van der Waals surface area contributed by atoms with E-state index < -0.39 is 0 Å². The van der Waals surface area contributed by atoms with E-state index in [1.54, 1.807) is 0 Å². The first-order valence-corrected chi connectivity index (χ1v) is 7.48. The lowest BCUT2D eigenvalue weighted by Gasteiger charge is -2.33. The van der Waals surface area contributed by atoms with Gasteiger partial charge in [-0.05, 0) is 31.4 Å². The van der Waals surface area contributed by atoms with E-state index in [4.69, 9.17) is 0 Å². The highest BCUT2D eigenvalue weighted by molar-refractivity contribution is 5.73. The predicted molar refractivity (Wildman–Crippen MR) is 78.5 cm³/mol. The topological polar surface area (TPSA) is 54.2 Å². The van der Waals surface area contributed by atoms with E-state index in [0.717, 1.165) is 49.9 Å². The number of likely N-dealkylation sites (tertiary alicyclic amines) is 1. The molecule has 0 spiro atoms. The van der Waals surface area contributed by atoms with Gasteiger partial charge in [-0.15, -0.1) is 5.10 Å². The van der Waals surface area contributed by atoms with Crippen LogP contribution in [0.1, 0.15) is 32.2 Å². The second-order valence-electron chi connectivity index (χ2n) is 5.62. The van der Waals surface area contributed by atoms with Crippen molar-refractivity contribution in [3.05, 3.63) is 24.3 Å². The Balaban J connectivity index is 1.66. The lowest BCUT2D eigenvalue weighted by Crippen LogP contribution is -2.39. The molecule has 1 saturated heterocycles. The highest BCUT2D eigenvalue weighted by Crippen LogP contribution is 2.25. The number of hydrogen-bond donors (Lipinski definition) is 1. The van der Waals surface area contributed by atoms with E-state index in [1.165, 1.54) is 0 Å². The summed E-state index contributed by atoms with van der Waals surface area (Å²) in [5, 5.41) is 18.3. The van der Waals surface area contributed by atoms with Crippen LogP contribution in [0.4, 0.5) is 0 Å². The van der Waals surface area contributed by atoms with Gasteiger partial charge >= 0.3 is 0 Å². The Morgan fingerprint density at radius 1 is 1.30 bits per heavy atom. The molecule has 1 N–H and O–H groups in total. The van der Waals surface area contributed by atoms with Crippen LogP contribution in [0, 0.1) is 0 Å². The van der Waals surface area contributed by atoms with E-state index in [2.05, 4.69) is 26.0 Å². The molecule has 0 amide bonds. The number of fused-ring (bicyclic) bond motifs is 1. The summed E-state index contributed by atoms with van der Waals surface area (Å²) in [6.45, 7) is 4.87. The van der Waals surface area contributed by atoms with Crippen molar-refractivity contribution in [2.75, 3.05) is 19.6 Å². The Kier molecular flexibility index (Phi) is 3.98. The van der Waals surface area contributed by atoms with E-state index >= 15 is 0 Å². The zero-order valence-electron chi connectivity index (χ0n) is 11.9. The molecule has 108 valence electrons. The number of rotatable bonds is 4. The summed E-state index contributed by atoms with van der Waals surface area (Å²) in [6, 6.07) is 8.55. The summed E-state index contributed by atoms with van der Waals surface area (Å²) >= 11 is 0. The van der Waals surface area contributed by atoms with Crippen LogP contribution in [0.2, 0.25) is 0 Å². The fourth-order valence-corrected chi connectivity index (χ4v) is 2.93. The molecule has 3 rings (SSSR count). The molecule has 1 unspecified atom stereocenters. The molecule has 0 radical (unpaired) electrons. The van der Waals surface area contributed by atoms with Gasteiger partial charge in [0.15, 0.2) is 0 Å². The van der Waals surface area contributed by atoms with Crippen molar-refractivity contribution in [1.82, 2.24) is 19.9 Å². The van der Waals surface area contributed by atoms with Gasteiger partial charge in [0, 0.05) is 19.6 Å². The second-order valence-corrected chi connectivity index (χ2v) is 5.62. The van der Waals surface area contributed by atoms with Gasteiger partial charge in [0.05, 0.1) is 17.7 Å². The summed E-state index contributed by atoms with van der Waals surface area (Å²) in [4.78, 5) is 2.35. The Morgan fingerprint density at radius 2 is 2.05 bits per heavy atom. The van der Waals surface area contributed by atoms with Crippen molar-refractivity contribution in [2.24, 2.45) is 0 Å². The SMILES string of the molecule is CCC(O)CN1CCC(n2nnc3ccccc32)CC1. The largest absolute Gasteiger partial charge is 0.392 e. The molecule has 1 fully saturated rings. The minimum Gasteiger partial charge on any atom is -0.392 e. The molecule has 20 heavy (non-hydrogen) atoms. The number of benzene rings is 1. The van der Waals surface area contributed by atoms with Gasteiger partial charge in [0.2, 0.25) is 0 Å². The fourth-order valence-electron chi connectivity index (χ4n) is 2.93. The highest BCUT2D eigenvalue weighted by Gasteiger charge is 2.23. The summed E-state index contributed by atoms with van der Waals surface area (Å²) in [6.07, 6.45) is 2.78. The lowest BCUT2D eigenvalue weighted by molar-refractivity contribution is 0.0869. The third-order valence-electron chi connectivity index (χ3n) is 4.22. The van der Waals surface area contributed by atoms with Crippen LogP contribution >= 0.6 is 0 Å². The van der Waals surface area contributed by atoms with E-state index in [-0.39, 0.29) is 6.10 Å². The van der Waals surface area contributed by atoms with Crippen LogP contribution in [-0.4, -0.2) is 50.7 Å². The van der Waals surface area contributed by atoms with Crippen molar-refractivity contribution in [2.45, 2.75) is 38.3 Å². The average molecular weight is 274 g/mol. The molecule has 5 heteroatoms. The second kappa shape index (κ2) is 5.89. The molecule has 1 atom stereocenters. The van der Waals surface area contributed by atoms with Crippen LogP contribution in [0.3, 0.4) is 0 Å². The van der Waals surface area contributed by atoms with Gasteiger partial charge in [-0.1, -0.05) is 24.3 Å². The van der Waals surface area contributed by atoms with Crippen molar-refractivity contribution in [1.29, 1.82) is 0 Å². The van der Waals surface area contributed by atoms with Gasteiger partial charge < -0.3 is 10.0 Å². The normalized spacial score (nSPS) is 19.5. The van der Waals surface area contributed by atoms with Gasteiger partial charge in [-0.25, -0.2) is 4.68 Å². The number of aliphatic hydroxyl groups is 1. The van der Waals surface area contributed by atoms with Crippen molar-refractivity contribution in [3.63, 3.8) is 0 Å². The molecule has 5 nitrogen and oxygen atoms in total. The smallest absolute Gasteiger partial charge is 0.113 e. The van der Waals surface area contributed by atoms with Crippen LogP contribution < -0.4 is 0 Å². The summed E-state index contributed by atoms with van der Waals surface area (Å²) < 4.78 is 2.07. The number of aromatic nitrogens is 3. The fraction of sp³-hybridized carbons (Fsp3) is 0.600. The molecule has 1 aromatic carbocycles. The van der Waals surface area contributed by atoms with Crippen molar-refractivity contribution in [3.8, 4) is 0 Å². The maximum atomic E-state index is 9.73. The standard InChI is InChI=1S/C15H22N4O/c1-2-13(20)11-18-9-7-12(8-10-18)19-15-6-4-3-5-14(15)16-17-19/h3-6,12-13,20H,2,7-11H2,1H3. The number of para-hydroxylation sites is 1. The quantitative estimate of drug-likeness (QED) is 0.924. The van der Waals surface area contributed by atoms with Gasteiger partial charge in [0.1, 0.15) is 5.52 Å². The maximum Gasteiger partial charge on any atom is 0.113 e. The Bertz CT molecular complexity index is 560. The van der Waals surface area contributed by atoms with E-state index in [0.29, 0.717) is 6.04 Å². The number of aliphatic hydroxyl groups excluding tert-OH is 1. The Hall–Kier alpha value is -1.46. The molecular formula is C15H22N4O. The Labute approximate surface area is 119 Å². The summed E-state index contributed by atoms with van der Waals surface area (Å²) in [5.41, 5.74) is 2.09. The van der Waals surface area contributed by atoms with Crippen LogP contribution in [0.5, 0.6) is 0 Å². The van der Waals surface area contributed by atoms with Crippen LogP contribution in [0.25, 0.3) is 11.0 Å². The maximum absolute atomic E-state index is 9.73. The number of β-amino-alcohol motifs (C(OH)–C–C–N with tert-alkyl or cyclic N) is 1. The summed E-state index contributed by atoms with van der Waals surface area (Å²) in [5.74, 6) is 0. The van der Waals surface area contributed by atoms with Gasteiger partial charge in [-0.3, -0.25) is 0 Å². The van der Waals surface area contributed by atoms with Crippen molar-refractivity contribution < 1.29 is 5.11 Å². The summed E-state index contributed by atoms with van der Waals surface area (Å²) in [7, 11) is 0. The molecule has 1 aliphatic heterocycles. The van der Waals surface area contributed by atoms with E-state index in [1.807, 2.05) is 25.1 Å². The average Bonchev–Trinajstić information content (AvgIpc) is 2.92. The first-order valence-electron chi connectivity index (χ1n) is 7.48. The molecule has 0 aliphatic carbocycles. The molecule has 0 bridgehead atoms. The third-order valence-corrected chi connectivity index (χ3v) is 4.22. The van der Waals surface area contributed by atoms with E-state index in [9.17, 15) is 5.11 Å². The molecule has 0 saturated carbocycles. The monoisotopic (exact) mass is 274 g/mol. The highest BCUT2D eigenvalue weighted by atomic mass is 16.3. The minimum atomic E-state index is -0.196. The van der Waals surface area contributed by atoms with Crippen LogP contribution in [-0.2, 0) is 0 Å². The van der Waals surface area contributed by atoms with Gasteiger partial charge in [0.25, 0.3) is 0 Å². The number of piperidine rings is 1. The molecular weight excluding hydrogens is 252 g/mol. The van der Waals surface area contributed by atoms with Crippen molar-refractivity contribution >= 4 is 11.0 Å². The third kappa shape index (κ3) is 2.69. The van der Waals surface area contributed by atoms with Crippen LogP contribution in [0.15, 0.2) is 24.3 Å². The first-order chi connectivity index (χ1) is 9.78. The molecule has 1 aromatic heterocycles. The lowest BCUT2D eigenvalue weighted by atomic mass is 10.0. The molecule has 2 aromatic rings. The predicted octanol–water partition coefficient (Wildman–Crippen LogP) is 1.84. The number of nitrogens with zero attached hydrogens (tertiary/aromatic N) is 4. The zero-order valence-corrected chi connectivity index (χ0v) is 11.9. The Morgan fingerprint density at radius 3 is 2.80 bits per heavy atom. The molecule has 2 heterocycles. The minimum absolute atomic E-state index is 0.196. The zero-order chi connectivity index (χ0) is 13.9.